The van der Waals surface area contributed by atoms with E-state index in [1.807, 2.05) is 34.3 Å². The second-order valence-corrected chi connectivity index (χ2v) is 11.0. The molecule has 208 valence electrons. The summed E-state index contributed by atoms with van der Waals surface area (Å²) < 4.78 is 26.6. The molecule has 1 saturated carbocycles. The Kier molecular flexibility index (Phi) is 10.6. The maximum atomic E-state index is 13.8. The molecule has 1 aromatic heterocycles. The highest BCUT2D eigenvalue weighted by molar-refractivity contribution is 5.76. The number of hydrogen-bond donors (Lipinski definition) is 0. The smallest absolute Gasteiger partial charge is 0.329 e. The normalized spacial score (nSPS) is 21.8. The van der Waals surface area contributed by atoms with Crippen LogP contribution in [0.15, 0.2) is 29.1 Å². The number of benzene rings is 1. The van der Waals surface area contributed by atoms with Gasteiger partial charge in [0.25, 0.3) is 0 Å². The predicted molar refractivity (Wildman–Crippen MR) is 146 cm³/mol. The van der Waals surface area contributed by atoms with E-state index in [4.69, 9.17) is 18.9 Å². The summed E-state index contributed by atoms with van der Waals surface area (Å²) in [5.41, 5.74) is 1.60. The topological polar surface area (TPSA) is 67.1 Å². The van der Waals surface area contributed by atoms with Crippen LogP contribution in [0.25, 0.3) is 11.0 Å². The van der Waals surface area contributed by atoms with E-state index in [1.165, 1.54) is 44.9 Å². The predicted octanol–water partition coefficient (Wildman–Crippen LogP) is 4.66. The molecule has 8 nitrogen and oxygen atoms in total. The molecule has 1 saturated heterocycles. The summed E-state index contributed by atoms with van der Waals surface area (Å²) in [6, 6.07) is 8.09. The van der Waals surface area contributed by atoms with Gasteiger partial charge in [-0.2, -0.15) is 0 Å². The quantitative estimate of drug-likeness (QED) is 0.301. The molecular weight excluding hydrogens is 470 g/mol. The van der Waals surface area contributed by atoms with Crippen molar-refractivity contribution in [2.24, 2.45) is 11.3 Å². The van der Waals surface area contributed by atoms with E-state index in [-0.39, 0.29) is 25.3 Å². The van der Waals surface area contributed by atoms with Crippen molar-refractivity contribution < 1.29 is 18.9 Å². The molecule has 37 heavy (non-hydrogen) atoms. The van der Waals surface area contributed by atoms with Gasteiger partial charge in [0.2, 0.25) is 0 Å². The lowest BCUT2D eigenvalue weighted by atomic mass is 9.75. The molecule has 4 rings (SSSR count). The van der Waals surface area contributed by atoms with Crippen molar-refractivity contribution in [1.29, 1.82) is 0 Å². The minimum absolute atomic E-state index is 0.0463. The largest absolute Gasteiger partial charge is 0.359 e. The van der Waals surface area contributed by atoms with Gasteiger partial charge in [0.05, 0.1) is 35.7 Å². The van der Waals surface area contributed by atoms with E-state index >= 15 is 0 Å². The van der Waals surface area contributed by atoms with E-state index in [0.29, 0.717) is 19.8 Å². The standard InChI is InChI=1S/C29H47N3O5/c1-4-31-25-14-10-11-15-26(25)32(28(31)33)27-16-17-30(18-24-12-8-6-5-7-9-13-24)19-29(27,20-36-22-34-2)21-37-23-35-3/h10-11,14-15,24,27H,4-9,12-13,16-23H2,1-3H3. The fraction of sp³-hybridized carbons (Fsp3) is 0.759. The minimum atomic E-state index is -0.413. The lowest BCUT2D eigenvalue weighted by Crippen LogP contribution is -2.56. The van der Waals surface area contributed by atoms with Crippen molar-refractivity contribution in [3.63, 3.8) is 0 Å². The van der Waals surface area contributed by atoms with Crippen LogP contribution in [0.1, 0.15) is 64.3 Å². The Hall–Kier alpha value is -1.71. The van der Waals surface area contributed by atoms with Gasteiger partial charge in [0, 0.05) is 40.4 Å². The average molecular weight is 518 g/mol. The minimum Gasteiger partial charge on any atom is -0.359 e. The Morgan fingerprint density at radius 1 is 0.892 bits per heavy atom. The summed E-state index contributed by atoms with van der Waals surface area (Å²) in [5, 5.41) is 0. The first-order valence-electron chi connectivity index (χ1n) is 14.2. The van der Waals surface area contributed by atoms with Crippen LogP contribution in [0.3, 0.4) is 0 Å². The number of hydrogen-bond acceptors (Lipinski definition) is 6. The number of piperidine rings is 1. The second kappa shape index (κ2) is 13.9. The number of rotatable bonds is 12. The monoisotopic (exact) mass is 517 g/mol. The molecule has 2 fully saturated rings. The maximum absolute atomic E-state index is 13.8. The molecule has 1 atom stereocenters. The summed E-state index contributed by atoms with van der Waals surface area (Å²) in [6.07, 6.45) is 10.3. The SMILES string of the molecule is CCn1c(=O)n(C2CCN(CC3CCCCCCC3)CC2(COCOC)COCOC)c2ccccc21. The number of aryl methyl sites for hydroxylation is 1. The van der Waals surface area contributed by atoms with Crippen LogP contribution in [0, 0.1) is 11.3 Å². The van der Waals surface area contributed by atoms with Crippen molar-refractivity contribution in [2.45, 2.75) is 70.9 Å². The first-order chi connectivity index (χ1) is 18.1. The third kappa shape index (κ3) is 6.66. The highest BCUT2D eigenvalue weighted by atomic mass is 16.7. The number of imidazole rings is 1. The van der Waals surface area contributed by atoms with Crippen molar-refractivity contribution in [2.75, 3.05) is 60.7 Å². The Morgan fingerprint density at radius 3 is 2.14 bits per heavy atom. The first kappa shape index (κ1) is 28.3. The zero-order chi connectivity index (χ0) is 26.1. The lowest BCUT2D eigenvalue weighted by Gasteiger charge is -2.49. The molecule has 0 spiro atoms. The van der Waals surface area contributed by atoms with Crippen molar-refractivity contribution >= 4 is 11.0 Å². The van der Waals surface area contributed by atoms with Gasteiger partial charge in [-0.15, -0.1) is 0 Å². The van der Waals surface area contributed by atoms with Crippen LogP contribution >= 0.6 is 0 Å². The first-order valence-corrected chi connectivity index (χ1v) is 14.2. The van der Waals surface area contributed by atoms with Gasteiger partial charge in [-0.1, -0.05) is 44.2 Å². The van der Waals surface area contributed by atoms with Crippen LogP contribution in [0.4, 0.5) is 0 Å². The molecule has 1 aliphatic heterocycles. The molecule has 1 unspecified atom stereocenters. The molecule has 0 N–H and O–H groups in total. The third-order valence-electron chi connectivity index (χ3n) is 8.38. The highest BCUT2D eigenvalue weighted by Crippen LogP contribution is 2.42. The molecule has 0 radical (unpaired) electrons. The molecule has 1 aliphatic carbocycles. The highest BCUT2D eigenvalue weighted by Gasteiger charge is 2.47. The molecule has 2 aliphatic rings. The molecule has 8 heteroatoms. The van der Waals surface area contributed by atoms with Gasteiger partial charge < -0.3 is 23.8 Å². The van der Waals surface area contributed by atoms with E-state index in [9.17, 15) is 4.79 Å². The summed E-state index contributed by atoms with van der Waals surface area (Å²) in [5.74, 6) is 0.735. The van der Waals surface area contributed by atoms with E-state index in [1.54, 1.807) is 14.2 Å². The van der Waals surface area contributed by atoms with Crippen LogP contribution in [0.2, 0.25) is 0 Å². The summed E-state index contributed by atoms with van der Waals surface area (Å²) in [6.45, 7) is 6.90. The van der Waals surface area contributed by atoms with Gasteiger partial charge >= 0.3 is 5.69 Å². The Bertz CT molecular complexity index is 1000. The van der Waals surface area contributed by atoms with E-state index < -0.39 is 5.41 Å². The van der Waals surface area contributed by atoms with E-state index in [0.717, 1.165) is 43.0 Å². The fourth-order valence-corrected chi connectivity index (χ4v) is 6.71. The molecular formula is C29H47N3O5. The molecule has 0 bridgehead atoms. The number of likely N-dealkylation sites (tertiary alicyclic amines) is 1. The molecule has 1 aromatic carbocycles. The summed E-state index contributed by atoms with van der Waals surface area (Å²) in [7, 11) is 3.29. The Labute approximate surface area is 221 Å². The van der Waals surface area contributed by atoms with Gasteiger partial charge in [-0.05, 0) is 44.2 Å². The van der Waals surface area contributed by atoms with Crippen molar-refractivity contribution in [3.8, 4) is 0 Å². The molecule has 2 aromatic rings. The zero-order valence-corrected chi connectivity index (χ0v) is 23.2. The number of fused-ring (bicyclic) bond motifs is 1. The van der Waals surface area contributed by atoms with Gasteiger partial charge in [-0.3, -0.25) is 9.13 Å². The van der Waals surface area contributed by atoms with Gasteiger partial charge in [0.15, 0.2) is 0 Å². The Morgan fingerprint density at radius 2 is 1.51 bits per heavy atom. The van der Waals surface area contributed by atoms with Crippen LogP contribution in [0.5, 0.6) is 0 Å². The lowest BCUT2D eigenvalue weighted by molar-refractivity contribution is -0.143. The number of aromatic nitrogens is 2. The summed E-state index contributed by atoms with van der Waals surface area (Å²) >= 11 is 0. The maximum Gasteiger partial charge on any atom is 0.329 e. The van der Waals surface area contributed by atoms with Gasteiger partial charge in [0.1, 0.15) is 13.6 Å². The molecule has 2 heterocycles. The van der Waals surface area contributed by atoms with Crippen molar-refractivity contribution in [1.82, 2.24) is 14.0 Å². The fourth-order valence-electron chi connectivity index (χ4n) is 6.71. The van der Waals surface area contributed by atoms with Crippen LogP contribution < -0.4 is 5.69 Å². The average Bonchev–Trinajstić information content (AvgIpc) is 3.17. The number of methoxy groups -OCH3 is 2. The Balaban J connectivity index is 1.68. The number of ether oxygens (including phenoxy) is 4. The zero-order valence-electron chi connectivity index (χ0n) is 23.2. The molecule has 0 amide bonds. The number of nitrogens with zero attached hydrogens (tertiary/aromatic N) is 3. The van der Waals surface area contributed by atoms with E-state index in [2.05, 4.69) is 11.0 Å². The van der Waals surface area contributed by atoms with Gasteiger partial charge in [-0.25, -0.2) is 4.79 Å². The second-order valence-electron chi connectivity index (χ2n) is 11.0. The summed E-state index contributed by atoms with van der Waals surface area (Å²) in [4.78, 5) is 16.4. The third-order valence-corrected chi connectivity index (χ3v) is 8.38. The van der Waals surface area contributed by atoms with Crippen LogP contribution in [-0.2, 0) is 25.5 Å². The number of para-hydroxylation sites is 2. The van der Waals surface area contributed by atoms with Crippen molar-refractivity contribution in [3.05, 3.63) is 34.7 Å². The van der Waals surface area contributed by atoms with Crippen LogP contribution in [-0.4, -0.2) is 74.7 Å².